The number of methoxy groups -OCH3 is 1. The number of aryl methyl sites for hydroxylation is 1. The summed E-state index contributed by atoms with van der Waals surface area (Å²) in [5.41, 5.74) is 7.10. The predicted molar refractivity (Wildman–Crippen MR) is 82.8 cm³/mol. The summed E-state index contributed by atoms with van der Waals surface area (Å²) in [6.45, 7) is 4.54. The lowest BCUT2D eigenvalue weighted by atomic mass is 10.2. The van der Waals surface area contributed by atoms with Crippen molar-refractivity contribution in [1.29, 1.82) is 0 Å². The van der Waals surface area contributed by atoms with Crippen molar-refractivity contribution in [2.75, 3.05) is 25.6 Å². The summed E-state index contributed by atoms with van der Waals surface area (Å²) in [7, 11) is 1.58. The maximum Gasteiger partial charge on any atom is 0.242 e. The molecule has 6 nitrogen and oxygen atoms in total. The van der Waals surface area contributed by atoms with Crippen LogP contribution in [0.3, 0.4) is 0 Å². The van der Waals surface area contributed by atoms with Crippen molar-refractivity contribution < 1.29 is 9.53 Å². The summed E-state index contributed by atoms with van der Waals surface area (Å²) >= 11 is 4.98. The maximum atomic E-state index is 11.9. The second-order valence-corrected chi connectivity index (χ2v) is 4.80. The van der Waals surface area contributed by atoms with Gasteiger partial charge in [0.2, 0.25) is 5.91 Å². The highest BCUT2D eigenvalue weighted by atomic mass is 32.1. The smallest absolute Gasteiger partial charge is 0.242 e. The molecule has 0 aliphatic heterocycles. The van der Waals surface area contributed by atoms with Gasteiger partial charge in [-0.3, -0.25) is 4.79 Å². The Balaban J connectivity index is 2.74. The van der Waals surface area contributed by atoms with Crippen LogP contribution in [0.4, 0.5) is 5.82 Å². The lowest BCUT2D eigenvalue weighted by Crippen LogP contribution is -2.39. The SMILES string of the molecule is COCCNC(=O)C(C)Nc1nc(C)ccc1C(N)=S. The lowest BCUT2D eigenvalue weighted by Gasteiger charge is -2.17. The van der Waals surface area contributed by atoms with E-state index in [9.17, 15) is 4.79 Å². The molecule has 0 saturated carbocycles. The van der Waals surface area contributed by atoms with E-state index >= 15 is 0 Å². The molecule has 1 rings (SSSR count). The first-order chi connectivity index (χ1) is 9.45. The number of thiocarbonyl (C=S) groups is 1. The fraction of sp³-hybridized carbons (Fsp3) is 0.462. The number of pyridine rings is 1. The zero-order chi connectivity index (χ0) is 15.1. The topological polar surface area (TPSA) is 89.3 Å². The molecule has 1 amide bonds. The molecule has 1 unspecified atom stereocenters. The van der Waals surface area contributed by atoms with Gasteiger partial charge in [-0.15, -0.1) is 0 Å². The van der Waals surface area contributed by atoms with Crippen molar-refractivity contribution in [2.24, 2.45) is 5.73 Å². The number of hydrogen-bond donors (Lipinski definition) is 3. The standard InChI is InChI=1S/C13H20N4O2S/c1-8-4-5-10(11(14)20)12(16-8)17-9(2)13(18)15-6-7-19-3/h4-5,9H,6-7H2,1-3H3,(H2,14,20)(H,15,18)(H,16,17). The molecule has 7 heteroatoms. The first-order valence-electron chi connectivity index (χ1n) is 6.26. The molecule has 1 aromatic heterocycles. The summed E-state index contributed by atoms with van der Waals surface area (Å²) in [6.07, 6.45) is 0. The first-order valence-corrected chi connectivity index (χ1v) is 6.67. The minimum atomic E-state index is -0.450. The van der Waals surface area contributed by atoms with Crippen LogP contribution in [0, 0.1) is 6.92 Å². The Hall–Kier alpha value is -1.73. The quantitative estimate of drug-likeness (QED) is 0.504. The molecular formula is C13H20N4O2S. The molecule has 110 valence electrons. The van der Waals surface area contributed by atoms with E-state index in [0.717, 1.165) is 5.69 Å². The minimum Gasteiger partial charge on any atom is -0.389 e. The molecule has 1 heterocycles. The molecule has 0 fully saturated rings. The third kappa shape index (κ3) is 4.75. The fourth-order valence-corrected chi connectivity index (χ4v) is 1.73. The number of nitrogens with zero attached hydrogens (tertiary/aromatic N) is 1. The number of nitrogens with one attached hydrogen (secondary N) is 2. The van der Waals surface area contributed by atoms with Gasteiger partial charge in [0.15, 0.2) is 0 Å². The van der Waals surface area contributed by atoms with Gasteiger partial charge >= 0.3 is 0 Å². The first kappa shape index (κ1) is 16.3. The maximum absolute atomic E-state index is 11.9. The van der Waals surface area contributed by atoms with E-state index in [2.05, 4.69) is 15.6 Å². The van der Waals surface area contributed by atoms with Crippen LogP contribution in [0.1, 0.15) is 18.2 Å². The number of carbonyl (C=O) groups excluding carboxylic acids is 1. The van der Waals surface area contributed by atoms with Crippen LogP contribution in [0.5, 0.6) is 0 Å². The van der Waals surface area contributed by atoms with Crippen LogP contribution in [0.15, 0.2) is 12.1 Å². The van der Waals surface area contributed by atoms with Gasteiger partial charge in [0.25, 0.3) is 0 Å². The molecule has 0 saturated heterocycles. The highest BCUT2D eigenvalue weighted by molar-refractivity contribution is 7.80. The van der Waals surface area contributed by atoms with Gasteiger partial charge in [-0.25, -0.2) is 4.98 Å². The zero-order valence-electron chi connectivity index (χ0n) is 11.9. The van der Waals surface area contributed by atoms with Crippen molar-refractivity contribution >= 4 is 28.9 Å². The average Bonchev–Trinajstić information content (AvgIpc) is 2.38. The molecule has 0 radical (unpaired) electrons. The number of nitrogens with two attached hydrogens (primary N) is 1. The molecule has 20 heavy (non-hydrogen) atoms. The monoisotopic (exact) mass is 296 g/mol. The molecule has 1 atom stereocenters. The van der Waals surface area contributed by atoms with Crippen LogP contribution in [0.2, 0.25) is 0 Å². The lowest BCUT2D eigenvalue weighted by molar-refractivity contribution is -0.121. The van der Waals surface area contributed by atoms with E-state index in [0.29, 0.717) is 24.5 Å². The Kier molecular flexibility index (Phi) is 6.33. The number of ether oxygens (including phenoxy) is 1. The Labute approximate surface area is 124 Å². The number of anilines is 1. The molecular weight excluding hydrogens is 276 g/mol. The highest BCUT2D eigenvalue weighted by Crippen LogP contribution is 2.14. The van der Waals surface area contributed by atoms with Crippen LogP contribution < -0.4 is 16.4 Å². The predicted octanol–water partition coefficient (Wildman–Crippen LogP) is 0.587. The number of rotatable bonds is 7. The van der Waals surface area contributed by atoms with Crippen molar-refractivity contribution in [2.45, 2.75) is 19.9 Å². The van der Waals surface area contributed by atoms with Gasteiger partial charge < -0.3 is 21.1 Å². The van der Waals surface area contributed by atoms with Gasteiger partial charge in [-0.05, 0) is 26.0 Å². The zero-order valence-corrected chi connectivity index (χ0v) is 12.7. The van der Waals surface area contributed by atoms with Crippen molar-refractivity contribution in [3.63, 3.8) is 0 Å². The summed E-state index contributed by atoms with van der Waals surface area (Å²) in [5, 5.41) is 5.78. The van der Waals surface area contributed by atoms with Gasteiger partial charge in [0, 0.05) is 19.3 Å². The Morgan fingerprint density at radius 3 is 2.85 bits per heavy atom. The molecule has 0 aliphatic carbocycles. The van der Waals surface area contributed by atoms with Gasteiger partial charge in [-0.2, -0.15) is 0 Å². The van der Waals surface area contributed by atoms with Crippen molar-refractivity contribution in [3.8, 4) is 0 Å². The van der Waals surface area contributed by atoms with Crippen molar-refractivity contribution in [1.82, 2.24) is 10.3 Å². The minimum absolute atomic E-state index is 0.140. The summed E-state index contributed by atoms with van der Waals surface area (Å²) < 4.78 is 4.88. The molecule has 4 N–H and O–H groups in total. The van der Waals surface area contributed by atoms with E-state index in [1.54, 1.807) is 20.1 Å². The second-order valence-electron chi connectivity index (χ2n) is 4.36. The van der Waals surface area contributed by atoms with Crippen molar-refractivity contribution in [3.05, 3.63) is 23.4 Å². The largest absolute Gasteiger partial charge is 0.389 e. The number of aromatic nitrogens is 1. The molecule has 0 aromatic carbocycles. The average molecular weight is 296 g/mol. The third-order valence-corrected chi connectivity index (χ3v) is 2.87. The van der Waals surface area contributed by atoms with E-state index < -0.39 is 6.04 Å². The van der Waals surface area contributed by atoms with E-state index in [4.69, 9.17) is 22.7 Å². The Morgan fingerprint density at radius 2 is 2.25 bits per heavy atom. The van der Waals surface area contributed by atoms with Crippen LogP contribution in [0.25, 0.3) is 0 Å². The second kappa shape index (κ2) is 7.76. The van der Waals surface area contributed by atoms with Crippen LogP contribution in [-0.4, -0.2) is 42.2 Å². The summed E-state index contributed by atoms with van der Waals surface area (Å²) in [4.78, 5) is 16.4. The Bertz CT molecular complexity index is 493. The van der Waals surface area contributed by atoms with E-state index in [-0.39, 0.29) is 10.9 Å². The molecule has 1 aromatic rings. The molecule has 0 spiro atoms. The van der Waals surface area contributed by atoms with E-state index in [1.807, 2.05) is 13.0 Å². The third-order valence-electron chi connectivity index (χ3n) is 2.65. The van der Waals surface area contributed by atoms with Gasteiger partial charge in [0.05, 0.1) is 12.2 Å². The van der Waals surface area contributed by atoms with Crippen LogP contribution >= 0.6 is 12.2 Å². The highest BCUT2D eigenvalue weighted by Gasteiger charge is 2.15. The van der Waals surface area contributed by atoms with Crippen LogP contribution in [-0.2, 0) is 9.53 Å². The summed E-state index contributed by atoms with van der Waals surface area (Å²) in [5.74, 6) is 0.381. The molecule has 0 bridgehead atoms. The normalized spacial score (nSPS) is 11.8. The van der Waals surface area contributed by atoms with E-state index in [1.165, 1.54) is 0 Å². The van der Waals surface area contributed by atoms with Gasteiger partial charge in [0.1, 0.15) is 16.8 Å². The fourth-order valence-electron chi connectivity index (χ4n) is 1.57. The number of hydrogen-bond acceptors (Lipinski definition) is 5. The number of amides is 1. The van der Waals surface area contributed by atoms with Gasteiger partial charge in [-0.1, -0.05) is 12.2 Å². The summed E-state index contributed by atoms with van der Waals surface area (Å²) in [6, 6.07) is 3.17. The molecule has 0 aliphatic rings. The Morgan fingerprint density at radius 1 is 1.55 bits per heavy atom. The number of carbonyl (C=O) groups is 1.